The van der Waals surface area contributed by atoms with Crippen LogP contribution in [0, 0.1) is 5.92 Å². The predicted molar refractivity (Wildman–Crippen MR) is 122 cm³/mol. The molecule has 0 spiro atoms. The van der Waals surface area contributed by atoms with E-state index in [0.717, 1.165) is 6.07 Å². The lowest BCUT2D eigenvalue weighted by molar-refractivity contribution is -0.139. The van der Waals surface area contributed by atoms with Crippen LogP contribution in [0.15, 0.2) is 48.1 Å². The summed E-state index contributed by atoms with van der Waals surface area (Å²) in [6, 6.07) is 6.91. The Bertz CT molecular complexity index is 1100. The van der Waals surface area contributed by atoms with E-state index < -0.39 is 23.2 Å². The topological polar surface area (TPSA) is 90.1 Å². The molecule has 0 aliphatic heterocycles. The van der Waals surface area contributed by atoms with E-state index in [2.05, 4.69) is 15.3 Å². The van der Waals surface area contributed by atoms with Crippen LogP contribution >= 0.6 is 11.3 Å². The Labute approximate surface area is 194 Å². The zero-order valence-electron chi connectivity index (χ0n) is 18.4. The van der Waals surface area contributed by atoms with Crippen molar-refractivity contribution in [1.82, 2.24) is 9.97 Å². The third-order valence-electron chi connectivity index (χ3n) is 4.68. The van der Waals surface area contributed by atoms with Crippen molar-refractivity contribution in [3.8, 4) is 16.9 Å². The second kappa shape index (κ2) is 9.88. The largest absolute Gasteiger partial charge is 0.491 e. The Morgan fingerprint density at radius 3 is 2.52 bits per heavy atom. The first-order valence-electron chi connectivity index (χ1n) is 10.2. The third kappa shape index (κ3) is 6.75. The molecule has 0 saturated carbocycles. The average molecular weight is 479 g/mol. The number of benzene rings is 1. The van der Waals surface area contributed by atoms with Crippen LogP contribution in [0.2, 0.25) is 0 Å². The molecular formula is C23H25F3N4O2S. The Hall–Kier alpha value is -2.98. The highest BCUT2D eigenvalue weighted by Crippen LogP contribution is 2.39. The molecule has 1 aromatic carbocycles. The van der Waals surface area contributed by atoms with Crippen molar-refractivity contribution in [2.24, 2.45) is 11.7 Å². The molecule has 0 aliphatic carbocycles. The number of hydrogen-bond acceptors (Lipinski definition) is 6. The number of anilines is 1. The van der Waals surface area contributed by atoms with E-state index in [1.807, 2.05) is 13.8 Å². The van der Waals surface area contributed by atoms with Crippen molar-refractivity contribution in [1.29, 1.82) is 0 Å². The average Bonchev–Trinajstić information content (AvgIpc) is 3.26. The molecule has 3 aromatic rings. The SMILES string of the molecule is CC(C)CC(C)(N)COc1ccc(-c2ccnc(NC(=O)c3nccs3)c2)cc1C(F)(F)F. The van der Waals surface area contributed by atoms with Gasteiger partial charge in [-0.25, -0.2) is 9.97 Å². The van der Waals surface area contributed by atoms with Gasteiger partial charge in [0.2, 0.25) is 0 Å². The second-order valence-corrected chi connectivity index (χ2v) is 9.37. The minimum atomic E-state index is -4.62. The maximum atomic E-state index is 13.8. The lowest BCUT2D eigenvalue weighted by atomic mass is 9.93. The zero-order chi connectivity index (χ0) is 24.2. The first kappa shape index (κ1) is 24.7. The Morgan fingerprint density at radius 2 is 1.88 bits per heavy atom. The maximum absolute atomic E-state index is 13.8. The molecule has 0 bridgehead atoms. The van der Waals surface area contributed by atoms with E-state index in [9.17, 15) is 18.0 Å². The lowest BCUT2D eigenvalue weighted by Gasteiger charge is -2.27. The molecule has 1 atom stereocenters. The summed E-state index contributed by atoms with van der Waals surface area (Å²) in [5.74, 6) is -0.238. The van der Waals surface area contributed by atoms with Crippen molar-refractivity contribution < 1.29 is 22.7 Å². The summed E-state index contributed by atoms with van der Waals surface area (Å²) < 4.78 is 46.9. The van der Waals surface area contributed by atoms with Gasteiger partial charge in [-0.1, -0.05) is 19.9 Å². The highest BCUT2D eigenvalue weighted by atomic mass is 32.1. The summed E-state index contributed by atoms with van der Waals surface area (Å²) in [4.78, 5) is 20.2. The molecular weight excluding hydrogens is 453 g/mol. The van der Waals surface area contributed by atoms with Crippen molar-refractivity contribution in [2.75, 3.05) is 11.9 Å². The summed E-state index contributed by atoms with van der Waals surface area (Å²) >= 11 is 1.17. The molecule has 3 N–H and O–H groups in total. The van der Waals surface area contributed by atoms with Crippen LogP contribution in [0.3, 0.4) is 0 Å². The summed E-state index contributed by atoms with van der Waals surface area (Å²) in [6.45, 7) is 5.69. The normalized spacial score (nSPS) is 13.6. The number of ether oxygens (including phenoxy) is 1. The van der Waals surface area contributed by atoms with Gasteiger partial charge in [0.25, 0.3) is 5.91 Å². The molecule has 1 amide bonds. The first-order valence-corrected chi connectivity index (χ1v) is 11.1. The zero-order valence-corrected chi connectivity index (χ0v) is 19.3. The molecule has 10 heteroatoms. The van der Waals surface area contributed by atoms with Gasteiger partial charge in [-0.2, -0.15) is 13.2 Å². The summed E-state index contributed by atoms with van der Waals surface area (Å²) in [6.07, 6.45) is -1.10. The fourth-order valence-corrected chi connectivity index (χ4v) is 4.01. The number of pyridine rings is 1. The van der Waals surface area contributed by atoms with Crippen LogP contribution in [0.4, 0.5) is 19.0 Å². The molecule has 176 valence electrons. The summed E-state index contributed by atoms with van der Waals surface area (Å²) in [7, 11) is 0. The number of carbonyl (C=O) groups is 1. The van der Waals surface area contributed by atoms with E-state index in [-0.39, 0.29) is 29.1 Å². The molecule has 3 rings (SSSR count). The van der Waals surface area contributed by atoms with Crippen molar-refractivity contribution in [2.45, 2.75) is 38.9 Å². The Kier molecular flexibility index (Phi) is 7.38. The number of aromatic nitrogens is 2. The number of alkyl halides is 3. The third-order valence-corrected chi connectivity index (χ3v) is 5.45. The van der Waals surface area contributed by atoms with Gasteiger partial charge in [0, 0.05) is 23.3 Å². The van der Waals surface area contributed by atoms with Gasteiger partial charge in [-0.3, -0.25) is 4.79 Å². The highest BCUT2D eigenvalue weighted by molar-refractivity contribution is 7.11. The number of carbonyl (C=O) groups excluding carboxylic acids is 1. The monoisotopic (exact) mass is 478 g/mol. The van der Waals surface area contributed by atoms with Crippen LogP contribution in [-0.2, 0) is 6.18 Å². The Morgan fingerprint density at radius 1 is 1.15 bits per heavy atom. The Balaban J connectivity index is 1.85. The van der Waals surface area contributed by atoms with Crippen molar-refractivity contribution in [3.63, 3.8) is 0 Å². The van der Waals surface area contributed by atoms with Crippen molar-refractivity contribution >= 4 is 23.1 Å². The number of nitrogens with one attached hydrogen (secondary N) is 1. The number of halogens is 3. The number of rotatable bonds is 8. The molecule has 0 aliphatic rings. The number of thiazole rings is 1. The van der Waals surface area contributed by atoms with Crippen LogP contribution in [0.25, 0.3) is 11.1 Å². The number of hydrogen-bond donors (Lipinski definition) is 2. The second-order valence-electron chi connectivity index (χ2n) is 8.47. The van der Waals surface area contributed by atoms with Crippen LogP contribution in [0.1, 0.15) is 42.6 Å². The molecule has 1 unspecified atom stereocenters. The minimum Gasteiger partial charge on any atom is -0.491 e. The van der Waals surface area contributed by atoms with Gasteiger partial charge in [0.1, 0.15) is 18.2 Å². The molecule has 33 heavy (non-hydrogen) atoms. The van der Waals surface area contributed by atoms with Gasteiger partial charge in [-0.05, 0) is 54.7 Å². The maximum Gasteiger partial charge on any atom is 0.419 e. The molecule has 2 heterocycles. The van der Waals surface area contributed by atoms with Crippen LogP contribution in [0.5, 0.6) is 5.75 Å². The van der Waals surface area contributed by atoms with Crippen LogP contribution in [-0.4, -0.2) is 28.0 Å². The molecule has 2 aromatic heterocycles. The van der Waals surface area contributed by atoms with E-state index in [1.165, 1.54) is 41.9 Å². The van der Waals surface area contributed by atoms with Crippen molar-refractivity contribution in [3.05, 3.63) is 58.7 Å². The molecule has 0 fully saturated rings. The standard InChI is InChI=1S/C23H25F3N4O2S/c1-14(2)12-22(3,27)13-32-18-5-4-15(10-17(18)23(24,25)26)16-6-7-28-19(11-16)30-20(31)21-29-8-9-33-21/h4-11,14H,12-13,27H2,1-3H3,(H,28,30,31). The summed E-state index contributed by atoms with van der Waals surface area (Å²) in [5.41, 5.74) is 5.29. The van der Waals surface area contributed by atoms with Gasteiger partial charge < -0.3 is 15.8 Å². The predicted octanol–water partition coefficient (Wildman–Crippen LogP) is 5.62. The summed E-state index contributed by atoms with van der Waals surface area (Å²) in [5, 5.41) is 4.52. The van der Waals surface area contributed by atoms with E-state index >= 15 is 0 Å². The smallest absolute Gasteiger partial charge is 0.419 e. The minimum absolute atomic E-state index is 0.0458. The highest BCUT2D eigenvalue weighted by Gasteiger charge is 2.35. The van der Waals surface area contributed by atoms with Gasteiger partial charge in [-0.15, -0.1) is 11.3 Å². The quantitative estimate of drug-likeness (QED) is 0.439. The van der Waals surface area contributed by atoms with Gasteiger partial charge >= 0.3 is 6.18 Å². The van der Waals surface area contributed by atoms with Gasteiger partial charge in [0.05, 0.1) is 5.56 Å². The molecule has 6 nitrogen and oxygen atoms in total. The molecule has 0 saturated heterocycles. The molecule has 0 radical (unpaired) electrons. The fraction of sp³-hybridized carbons (Fsp3) is 0.348. The van der Waals surface area contributed by atoms with Crippen LogP contribution < -0.4 is 15.8 Å². The number of amides is 1. The number of nitrogens with two attached hydrogens (primary N) is 1. The number of nitrogens with zero attached hydrogens (tertiary/aromatic N) is 2. The van der Waals surface area contributed by atoms with E-state index in [4.69, 9.17) is 10.5 Å². The fourth-order valence-electron chi connectivity index (χ4n) is 3.47. The lowest BCUT2D eigenvalue weighted by Crippen LogP contribution is -2.43. The van der Waals surface area contributed by atoms with E-state index in [0.29, 0.717) is 17.5 Å². The van der Waals surface area contributed by atoms with E-state index in [1.54, 1.807) is 18.4 Å². The van der Waals surface area contributed by atoms with Gasteiger partial charge in [0.15, 0.2) is 5.01 Å². The first-order chi connectivity index (χ1) is 15.4.